The molecule has 2 nitrogen and oxygen atoms in total. The predicted molar refractivity (Wildman–Crippen MR) is 83.2 cm³/mol. The minimum Gasteiger partial charge on any atom is -0.321 e. The highest BCUT2D eigenvalue weighted by Crippen LogP contribution is 2.32. The zero-order valence-corrected chi connectivity index (χ0v) is 12.1. The van der Waals surface area contributed by atoms with Gasteiger partial charge in [0.2, 0.25) is 0 Å². The van der Waals surface area contributed by atoms with Crippen LogP contribution in [-0.4, -0.2) is 18.0 Å². The Hall–Kier alpha value is -1.71. The van der Waals surface area contributed by atoms with Crippen LogP contribution in [-0.2, 0) is 12.1 Å². The van der Waals surface area contributed by atoms with Crippen molar-refractivity contribution >= 4 is 0 Å². The van der Waals surface area contributed by atoms with E-state index in [1.165, 1.54) is 11.6 Å². The van der Waals surface area contributed by atoms with E-state index >= 15 is 0 Å². The normalized spacial score (nSPS) is 18.6. The lowest BCUT2D eigenvalue weighted by Crippen LogP contribution is -2.48. The molecule has 21 heavy (non-hydrogen) atoms. The molecule has 1 saturated heterocycles. The number of hydrogen-bond donors (Lipinski definition) is 1. The van der Waals surface area contributed by atoms with Gasteiger partial charge in [0.05, 0.1) is 0 Å². The van der Waals surface area contributed by atoms with Gasteiger partial charge in [0, 0.05) is 30.7 Å². The van der Waals surface area contributed by atoms with Crippen LogP contribution in [0, 0.1) is 5.82 Å². The summed E-state index contributed by atoms with van der Waals surface area (Å²) in [6.07, 6.45) is 1.58. The van der Waals surface area contributed by atoms with Gasteiger partial charge in [0.25, 0.3) is 0 Å². The molecule has 2 aromatic carbocycles. The van der Waals surface area contributed by atoms with Crippen molar-refractivity contribution in [2.45, 2.75) is 24.9 Å². The molecule has 1 aliphatic heterocycles. The van der Waals surface area contributed by atoms with Gasteiger partial charge in [-0.2, -0.15) is 0 Å². The fourth-order valence-electron chi connectivity index (χ4n) is 3.09. The van der Waals surface area contributed by atoms with E-state index in [4.69, 9.17) is 5.73 Å². The molecule has 3 heteroatoms. The number of halogens is 1. The van der Waals surface area contributed by atoms with Gasteiger partial charge in [-0.1, -0.05) is 48.5 Å². The van der Waals surface area contributed by atoms with Gasteiger partial charge in [0.15, 0.2) is 0 Å². The number of piperidine rings is 1. The lowest BCUT2D eigenvalue weighted by molar-refractivity contribution is 0.153. The standard InChI is InChI=1S/C18H21FN2/c19-17-9-5-4-8-16(17)18(20)10-12-21(13-11-18)14-15-6-2-1-3-7-15/h1-9H,10-14,20H2. The average Bonchev–Trinajstić information content (AvgIpc) is 2.51. The third kappa shape index (κ3) is 3.14. The molecule has 3 rings (SSSR count). The molecule has 1 heterocycles. The SMILES string of the molecule is NC1(c2ccccc2F)CCN(Cc2ccccc2)CC1. The lowest BCUT2D eigenvalue weighted by Gasteiger charge is -2.39. The van der Waals surface area contributed by atoms with Crippen LogP contribution in [0.2, 0.25) is 0 Å². The summed E-state index contributed by atoms with van der Waals surface area (Å²) < 4.78 is 14.0. The molecule has 0 atom stereocenters. The summed E-state index contributed by atoms with van der Waals surface area (Å²) in [7, 11) is 0. The summed E-state index contributed by atoms with van der Waals surface area (Å²) >= 11 is 0. The molecule has 0 spiro atoms. The zero-order chi connectivity index (χ0) is 14.7. The Labute approximate surface area is 125 Å². The average molecular weight is 284 g/mol. The van der Waals surface area contributed by atoms with Crippen LogP contribution < -0.4 is 5.73 Å². The largest absolute Gasteiger partial charge is 0.321 e. The van der Waals surface area contributed by atoms with Crippen LogP contribution in [0.5, 0.6) is 0 Å². The quantitative estimate of drug-likeness (QED) is 0.937. The second kappa shape index (κ2) is 5.96. The maximum atomic E-state index is 14.0. The molecule has 0 bridgehead atoms. The maximum Gasteiger partial charge on any atom is 0.128 e. The van der Waals surface area contributed by atoms with Gasteiger partial charge in [-0.15, -0.1) is 0 Å². The minimum absolute atomic E-state index is 0.184. The summed E-state index contributed by atoms with van der Waals surface area (Å²) in [6, 6.07) is 17.3. The van der Waals surface area contributed by atoms with Gasteiger partial charge >= 0.3 is 0 Å². The molecule has 0 radical (unpaired) electrons. The first-order valence-corrected chi connectivity index (χ1v) is 7.48. The number of rotatable bonds is 3. The van der Waals surface area contributed by atoms with Gasteiger partial charge in [-0.25, -0.2) is 4.39 Å². The highest BCUT2D eigenvalue weighted by atomic mass is 19.1. The zero-order valence-electron chi connectivity index (χ0n) is 12.1. The van der Waals surface area contributed by atoms with Crippen LogP contribution in [0.25, 0.3) is 0 Å². The number of likely N-dealkylation sites (tertiary alicyclic amines) is 1. The Morgan fingerprint density at radius 1 is 0.952 bits per heavy atom. The monoisotopic (exact) mass is 284 g/mol. The molecule has 0 amide bonds. The fraction of sp³-hybridized carbons (Fsp3) is 0.333. The van der Waals surface area contributed by atoms with Crippen LogP contribution in [0.1, 0.15) is 24.0 Å². The van der Waals surface area contributed by atoms with E-state index in [0.717, 1.165) is 32.5 Å². The van der Waals surface area contributed by atoms with E-state index in [2.05, 4.69) is 29.2 Å². The summed E-state index contributed by atoms with van der Waals surface area (Å²) in [6.45, 7) is 2.74. The Morgan fingerprint density at radius 2 is 1.57 bits per heavy atom. The topological polar surface area (TPSA) is 29.3 Å². The smallest absolute Gasteiger partial charge is 0.128 e. The number of nitrogens with zero attached hydrogens (tertiary/aromatic N) is 1. The van der Waals surface area contributed by atoms with E-state index in [0.29, 0.717) is 5.56 Å². The Kier molecular flexibility index (Phi) is 4.04. The molecular formula is C18H21FN2. The maximum absolute atomic E-state index is 14.0. The number of hydrogen-bond acceptors (Lipinski definition) is 2. The number of nitrogens with two attached hydrogens (primary N) is 1. The summed E-state index contributed by atoms with van der Waals surface area (Å²) in [5.41, 5.74) is 7.91. The second-order valence-electron chi connectivity index (χ2n) is 5.90. The third-order valence-electron chi connectivity index (χ3n) is 4.41. The second-order valence-corrected chi connectivity index (χ2v) is 5.90. The molecule has 0 aromatic heterocycles. The van der Waals surface area contributed by atoms with Gasteiger partial charge < -0.3 is 5.73 Å². The highest BCUT2D eigenvalue weighted by Gasteiger charge is 2.34. The molecular weight excluding hydrogens is 263 g/mol. The molecule has 0 aliphatic carbocycles. The number of benzene rings is 2. The van der Waals surface area contributed by atoms with E-state index in [1.807, 2.05) is 18.2 Å². The van der Waals surface area contributed by atoms with Crippen LogP contribution >= 0.6 is 0 Å². The summed E-state index contributed by atoms with van der Waals surface area (Å²) in [5, 5.41) is 0. The van der Waals surface area contributed by atoms with Crippen molar-refractivity contribution in [1.29, 1.82) is 0 Å². The summed E-state index contributed by atoms with van der Waals surface area (Å²) in [5.74, 6) is -0.184. The van der Waals surface area contributed by atoms with Gasteiger partial charge in [-0.05, 0) is 24.5 Å². The lowest BCUT2D eigenvalue weighted by atomic mass is 9.81. The van der Waals surface area contributed by atoms with E-state index < -0.39 is 5.54 Å². The van der Waals surface area contributed by atoms with Crippen LogP contribution in [0.15, 0.2) is 54.6 Å². The minimum atomic E-state index is -0.529. The van der Waals surface area contributed by atoms with Gasteiger partial charge in [0.1, 0.15) is 5.82 Å². The molecule has 0 unspecified atom stereocenters. The van der Waals surface area contributed by atoms with Crippen molar-refractivity contribution in [1.82, 2.24) is 4.90 Å². The van der Waals surface area contributed by atoms with Crippen molar-refractivity contribution in [2.75, 3.05) is 13.1 Å². The summed E-state index contributed by atoms with van der Waals surface area (Å²) in [4.78, 5) is 2.39. The predicted octanol–water partition coefficient (Wildman–Crippen LogP) is 3.28. The molecule has 1 fully saturated rings. The van der Waals surface area contributed by atoms with Crippen LogP contribution in [0.4, 0.5) is 4.39 Å². The fourth-order valence-corrected chi connectivity index (χ4v) is 3.09. The van der Waals surface area contributed by atoms with E-state index in [9.17, 15) is 4.39 Å². The van der Waals surface area contributed by atoms with E-state index in [-0.39, 0.29) is 5.82 Å². The first-order valence-electron chi connectivity index (χ1n) is 7.48. The third-order valence-corrected chi connectivity index (χ3v) is 4.41. The first kappa shape index (κ1) is 14.2. The van der Waals surface area contributed by atoms with Gasteiger partial charge in [-0.3, -0.25) is 4.90 Å². The molecule has 2 aromatic rings. The first-order chi connectivity index (χ1) is 10.2. The molecule has 1 aliphatic rings. The van der Waals surface area contributed by atoms with Crippen molar-refractivity contribution in [3.8, 4) is 0 Å². The van der Waals surface area contributed by atoms with E-state index in [1.54, 1.807) is 6.07 Å². The van der Waals surface area contributed by atoms with Crippen molar-refractivity contribution in [3.63, 3.8) is 0 Å². The molecule has 0 saturated carbocycles. The molecule has 110 valence electrons. The van der Waals surface area contributed by atoms with Crippen molar-refractivity contribution in [2.24, 2.45) is 5.73 Å². The van der Waals surface area contributed by atoms with Crippen LogP contribution in [0.3, 0.4) is 0 Å². The Bertz CT molecular complexity index is 589. The Morgan fingerprint density at radius 3 is 2.24 bits per heavy atom. The molecule has 2 N–H and O–H groups in total. The van der Waals surface area contributed by atoms with Crippen molar-refractivity contribution in [3.05, 3.63) is 71.5 Å². The highest BCUT2D eigenvalue weighted by molar-refractivity contribution is 5.26. The van der Waals surface area contributed by atoms with Crippen molar-refractivity contribution < 1.29 is 4.39 Å². The Balaban J connectivity index is 1.66.